The van der Waals surface area contributed by atoms with Gasteiger partial charge in [-0.05, 0) is 127 Å². The molecule has 0 N–H and O–H groups in total. The molecule has 0 radical (unpaired) electrons. The summed E-state index contributed by atoms with van der Waals surface area (Å²) in [6, 6.07) is 41.5. The van der Waals surface area contributed by atoms with Crippen LogP contribution in [-0.2, 0) is 0 Å². The highest BCUT2D eigenvalue weighted by molar-refractivity contribution is 6.17. The Labute approximate surface area is 450 Å². The topological polar surface area (TPSA) is 122 Å². The van der Waals surface area contributed by atoms with Gasteiger partial charge in [0.1, 0.15) is 23.0 Å². The van der Waals surface area contributed by atoms with Crippen molar-refractivity contribution in [3.05, 3.63) is 179 Å². The molecular formula is C63H65ClN4O8. The van der Waals surface area contributed by atoms with Crippen molar-refractivity contribution in [2.75, 3.05) is 66.0 Å². The number of likely N-dealkylation sites (tertiary alicyclic amines) is 2. The second-order valence-electron chi connectivity index (χ2n) is 19.2. The van der Waals surface area contributed by atoms with Crippen LogP contribution in [0.3, 0.4) is 0 Å². The number of nitrogens with zero attached hydrogens (tertiary/aromatic N) is 4. The average Bonchev–Trinajstić information content (AvgIpc) is 4.01. The fourth-order valence-electron chi connectivity index (χ4n) is 9.85. The molecule has 2 saturated heterocycles. The molecular weight excluding hydrogens is 976 g/mol. The van der Waals surface area contributed by atoms with Crippen molar-refractivity contribution in [1.82, 2.24) is 19.8 Å². The molecule has 10 rings (SSSR count). The van der Waals surface area contributed by atoms with E-state index in [1.54, 1.807) is 44.8 Å². The number of pyridine rings is 2. The number of hydrogen-bond donors (Lipinski definition) is 0. The van der Waals surface area contributed by atoms with Crippen LogP contribution in [-0.4, -0.2) is 103 Å². The highest BCUT2D eigenvalue weighted by Crippen LogP contribution is 2.40. The first-order valence-electron chi connectivity index (χ1n) is 26.2. The Bertz CT molecular complexity index is 3250. The van der Waals surface area contributed by atoms with Gasteiger partial charge < -0.3 is 38.2 Å². The number of benzene rings is 6. The molecule has 0 saturated carbocycles. The number of carbonyl (C=O) groups is 2. The molecule has 12 nitrogen and oxygen atoms in total. The van der Waals surface area contributed by atoms with Crippen LogP contribution in [0, 0.1) is 13.8 Å². The van der Waals surface area contributed by atoms with Crippen molar-refractivity contribution in [2.45, 2.75) is 58.4 Å². The van der Waals surface area contributed by atoms with E-state index < -0.39 is 0 Å². The van der Waals surface area contributed by atoms with E-state index in [-0.39, 0.29) is 11.6 Å². The van der Waals surface area contributed by atoms with E-state index in [9.17, 15) is 9.59 Å². The lowest BCUT2D eigenvalue weighted by Crippen LogP contribution is -2.44. The van der Waals surface area contributed by atoms with Crippen molar-refractivity contribution in [1.29, 1.82) is 0 Å². The van der Waals surface area contributed by atoms with Gasteiger partial charge in [-0.1, -0.05) is 83.9 Å². The average molecular weight is 1040 g/mol. The van der Waals surface area contributed by atoms with Gasteiger partial charge in [-0.2, -0.15) is 0 Å². The fourth-order valence-corrected chi connectivity index (χ4v) is 9.96. The number of ketones is 2. The van der Waals surface area contributed by atoms with Crippen molar-refractivity contribution >= 4 is 45.0 Å². The number of ether oxygens (including phenoxy) is 6. The zero-order valence-electron chi connectivity index (χ0n) is 43.8. The summed E-state index contributed by atoms with van der Waals surface area (Å²) in [6.45, 7) is 11.0. The van der Waals surface area contributed by atoms with Crippen molar-refractivity contribution in [3.63, 3.8) is 0 Å². The minimum Gasteiger partial charge on any atom is -0.493 e. The van der Waals surface area contributed by atoms with Crippen LogP contribution in [0.25, 0.3) is 21.8 Å². The molecule has 2 aliphatic rings. The van der Waals surface area contributed by atoms with Gasteiger partial charge in [-0.25, -0.2) is 0 Å². The van der Waals surface area contributed by atoms with Crippen LogP contribution >= 0.6 is 11.6 Å². The van der Waals surface area contributed by atoms with Gasteiger partial charge in [0.25, 0.3) is 0 Å². The first-order valence-corrected chi connectivity index (χ1v) is 26.7. The molecule has 392 valence electrons. The number of carbonyl (C=O) groups excluding carboxylic acids is 2. The maximum Gasteiger partial charge on any atom is 0.196 e. The number of fused-ring (bicyclic) bond motifs is 2. The molecule has 2 aromatic heterocycles. The summed E-state index contributed by atoms with van der Waals surface area (Å²) in [5, 5.41) is 1.53. The molecule has 0 bridgehead atoms. The minimum atomic E-state index is -0.0970. The molecule has 0 atom stereocenters. The minimum absolute atomic E-state index is 0.0816. The second-order valence-corrected chi connectivity index (χ2v) is 19.5. The van der Waals surface area contributed by atoms with Gasteiger partial charge in [0.05, 0.1) is 49.6 Å². The highest BCUT2D eigenvalue weighted by atomic mass is 35.5. The Hall–Kier alpha value is -7.51. The third-order valence-electron chi connectivity index (χ3n) is 13.9. The van der Waals surface area contributed by atoms with Gasteiger partial charge in [0.2, 0.25) is 0 Å². The molecule has 2 aliphatic heterocycles. The number of rotatable bonds is 20. The third-order valence-corrected chi connectivity index (χ3v) is 14.1. The largest absolute Gasteiger partial charge is 0.493 e. The first-order chi connectivity index (χ1) is 37.2. The molecule has 6 aromatic carbocycles. The molecule has 76 heavy (non-hydrogen) atoms. The van der Waals surface area contributed by atoms with Gasteiger partial charge in [-0.3, -0.25) is 19.6 Å². The second kappa shape index (κ2) is 25.8. The summed E-state index contributed by atoms with van der Waals surface area (Å²) in [6.07, 6.45) is 10.3. The quantitative estimate of drug-likeness (QED) is 0.0410. The molecule has 8 aromatic rings. The van der Waals surface area contributed by atoms with Crippen molar-refractivity contribution < 1.29 is 38.0 Å². The van der Waals surface area contributed by atoms with E-state index in [0.717, 1.165) is 52.8 Å². The lowest BCUT2D eigenvalue weighted by atomic mass is 10.0. The lowest BCUT2D eigenvalue weighted by molar-refractivity contribution is 0.102. The lowest BCUT2D eigenvalue weighted by Gasteiger charge is -2.36. The molecule has 2 fully saturated rings. The standard InChI is InChI=1S/C36H41N3O4.C27H24ClNO4/c1-26-11-12-32(30(23-26)36(40)27-9-4-3-5-10-27)43-33-13-16-37-31-25-35(34(41-2)24-29(31)33)42-22-8-17-38-20-14-28(15-21-38)39-18-6-7-19-39;1-18-9-10-23(21(15-18)27(30)19-7-4-3-5-8-19)33-24-11-13-29-22-17-26(32-14-6-12-28)25(31-2)16-20(22)24/h3-5,9-13,16,23-25,28H,6-8,14-15,17-22H2,1-2H3;3-5,7-11,13,15-17H,6,12,14H2,1-2H3. The van der Waals surface area contributed by atoms with E-state index in [0.29, 0.717) is 92.9 Å². The fraction of sp³-hybridized carbons (Fsp3) is 0.302. The Morgan fingerprint density at radius 1 is 0.539 bits per heavy atom. The van der Waals surface area contributed by atoms with Crippen LogP contribution in [0.4, 0.5) is 0 Å². The zero-order chi connectivity index (χ0) is 52.8. The summed E-state index contributed by atoms with van der Waals surface area (Å²) in [4.78, 5) is 40.9. The normalized spacial score (nSPS) is 14.0. The van der Waals surface area contributed by atoms with Crippen LogP contribution in [0.2, 0.25) is 0 Å². The van der Waals surface area contributed by atoms with Crippen LogP contribution in [0.5, 0.6) is 46.0 Å². The van der Waals surface area contributed by atoms with Crippen LogP contribution in [0.1, 0.15) is 81.5 Å². The predicted octanol–water partition coefficient (Wildman–Crippen LogP) is 13.5. The first kappa shape index (κ1) is 53.3. The number of aryl methyl sites for hydroxylation is 2. The third kappa shape index (κ3) is 13.1. The molecule has 13 heteroatoms. The van der Waals surface area contributed by atoms with E-state index >= 15 is 0 Å². The van der Waals surface area contributed by atoms with E-state index in [4.69, 9.17) is 40.0 Å². The van der Waals surface area contributed by atoms with Gasteiger partial charge >= 0.3 is 0 Å². The Kier molecular flexibility index (Phi) is 18.1. The van der Waals surface area contributed by atoms with Gasteiger partial charge in [-0.15, -0.1) is 11.6 Å². The number of halogens is 1. The maximum atomic E-state index is 13.4. The Morgan fingerprint density at radius 3 is 1.47 bits per heavy atom. The summed E-state index contributed by atoms with van der Waals surface area (Å²) in [5.74, 6) is 4.93. The zero-order valence-corrected chi connectivity index (χ0v) is 44.5. The van der Waals surface area contributed by atoms with Gasteiger partial charge in [0.15, 0.2) is 34.6 Å². The predicted molar refractivity (Wildman–Crippen MR) is 300 cm³/mol. The number of aromatic nitrogens is 2. The number of methoxy groups -OCH3 is 2. The van der Waals surface area contributed by atoms with Crippen molar-refractivity contribution in [2.24, 2.45) is 0 Å². The SMILES string of the molecule is COc1cc2c(Oc3ccc(C)cc3C(=O)c3ccccc3)ccnc2cc1OCCCCl.COc1cc2c(Oc3ccc(C)cc3C(=O)c3ccccc3)ccnc2cc1OCCCN1CCC(N2CCCC2)CC1. The molecule has 0 spiro atoms. The summed E-state index contributed by atoms with van der Waals surface area (Å²) < 4.78 is 36.0. The monoisotopic (exact) mass is 1040 g/mol. The van der Waals surface area contributed by atoms with Gasteiger partial charge in [0, 0.05) is 64.9 Å². The molecule has 0 amide bonds. The Balaban J connectivity index is 0.000000193. The van der Waals surface area contributed by atoms with E-state index in [1.165, 1.54) is 51.9 Å². The molecule has 0 aliphatic carbocycles. The van der Waals surface area contributed by atoms with Crippen LogP contribution in [0.15, 0.2) is 146 Å². The number of piperidine rings is 1. The van der Waals surface area contributed by atoms with Crippen LogP contribution < -0.4 is 28.4 Å². The Morgan fingerprint density at radius 2 is 1.01 bits per heavy atom. The number of alkyl halides is 1. The smallest absolute Gasteiger partial charge is 0.196 e. The highest BCUT2D eigenvalue weighted by Gasteiger charge is 2.26. The molecule has 4 heterocycles. The summed E-state index contributed by atoms with van der Waals surface area (Å²) >= 11 is 5.75. The van der Waals surface area contributed by atoms with E-state index in [1.807, 2.05) is 129 Å². The summed E-state index contributed by atoms with van der Waals surface area (Å²) in [7, 11) is 3.23. The summed E-state index contributed by atoms with van der Waals surface area (Å²) in [5.41, 5.74) is 5.63. The number of hydrogen-bond acceptors (Lipinski definition) is 12. The van der Waals surface area contributed by atoms with Crippen molar-refractivity contribution in [3.8, 4) is 46.0 Å². The molecule has 0 unspecified atom stereocenters. The van der Waals surface area contributed by atoms with E-state index in [2.05, 4.69) is 19.8 Å². The maximum absolute atomic E-state index is 13.4.